The number of hydrogen-bond donors (Lipinski definition) is 1. The first-order valence-electron chi connectivity index (χ1n) is 6.68. The minimum Gasteiger partial charge on any atom is -0.330 e. The van der Waals surface area contributed by atoms with Gasteiger partial charge >= 0.3 is 0 Å². The fourth-order valence-corrected chi connectivity index (χ4v) is 2.63. The molecule has 1 aromatic heterocycles. The molecular formula is C14H24ClN3O. The van der Waals surface area contributed by atoms with Gasteiger partial charge in [0.25, 0.3) is 0 Å². The quantitative estimate of drug-likeness (QED) is 0.817. The van der Waals surface area contributed by atoms with Gasteiger partial charge in [-0.05, 0) is 30.7 Å². The number of nitrogens with zero attached hydrogens (tertiary/aromatic N) is 2. The summed E-state index contributed by atoms with van der Waals surface area (Å²) in [6.45, 7) is 7.22. The van der Waals surface area contributed by atoms with Gasteiger partial charge in [0.15, 0.2) is 5.78 Å². The summed E-state index contributed by atoms with van der Waals surface area (Å²) in [5.41, 5.74) is 6.32. The number of ketones is 1. The summed E-state index contributed by atoms with van der Waals surface area (Å²) >= 11 is 5.98. The van der Waals surface area contributed by atoms with Crippen molar-refractivity contribution in [2.75, 3.05) is 6.54 Å². The van der Waals surface area contributed by atoms with Gasteiger partial charge in [0.2, 0.25) is 0 Å². The minimum atomic E-state index is 0.0521. The molecular weight excluding hydrogens is 262 g/mol. The molecule has 0 aliphatic carbocycles. The third-order valence-corrected chi connectivity index (χ3v) is 3.89. The van der Waals surface area contributed by atoms with Crippen LogP contribution >= 0.6 is 11.6 Å². The Kier molecular flexibility index (Phi) is 5.56. The molecule has 5 heteroatoms. The maximum atomic E-state index is 12.2. The number of aromatic nitrogens is 2. The van der Waals surface area contributed by atoms with Crippen LogP contribution in [0.5, 0.6) is 0 Å². The lowest BCUT2D eigenvalue weighted by atomic mass is 9.76. The smallest absolute Gasteiger partial charge is 0.182 e. The van der Waals surface area contributed by atoms with Crippen LogP contribution in [0.3, 0.4) is 0 Å². The van der Waals surface area contributed by atoms with Gasteiger partial charge < -0.3 is 5.73 Å². The predicted octanol–water partition coefficient (Wildman–Crippen LogP) is 3.05. The van der Waals surface area contributed by atoms with Crippen LogP contribution in [0, 0.1) is 11.3 Å². The maximum absolute atomic E-state index is 12.2. The summed E-state index contributed by atoms with van der Waals surface area (Å²) in [5.74, 6) is 0.490. The summed E-state index contributed by atoms with van der Waals surface area (Å²) in [6.07, 6.45) is 3.77. The summed E-state index contributed by atoms with van der Waals surface area (Å²) < 4.78 is 1.54. The van der Waals surface area contributed by atoms with Crippen LogP contribution in [0.4, 0.5) is 0 Å². The molecule has 108 valence electrons. The lowest BCUT2D eigenvalue weighted by Gasteiger charge is -2.30. The van der Waals surface area contributed by atoms with Crippen LogP contribution in [-0.2, 0) is 7.05 Å². The molecule has 2 N–H and O–H groups in total. The largest absolute Gasteiger partial charge is 0.330 e. The number of carbonyl (C=O) groups excluding carboxylic acids is 1. The fraction of sp³-hybridized carbons (Fsp3) is 0.714. The molecule has 0 amide bonds. The first-order chi connectivity index (χ1) is 8.77. The van der Waals surface area contributed by atoms with Gasteiger partial charge in [-0.25, -0.2) is 0 Å². The van der Waals surface area contributed by atoms with Crippen molar-refractivity contribution < 1.29 is 4.79 Å². The maximum Gasteiger partial charge on any atom is 0.182 e. The Balaban J connectivity index is 2.67. The number of aryl methyl sites for hydroxylation is 1. The van der Waals surface area contributed by atoms with E-state index >= 15 is 0 Å². The molecule has 19 heavy (non-hydrogen) atoms. The third-order valence-electron chi connectivity index (χ3n) is 3.62. The SMILES string of the molecule is Cn1ncc(Cl)c1C(=O)CCC(CCN)C(C)(C)C. The van der Waals surface area contributed by atoms with Crippen LogP contribution in [0.2, 0.25) is 5.02 Å². The summed E-state index contributed by atoms with van der Waals surface area (Å²) in [5, 5.41) is 4.42. The number of nitrogens with two attached hydrogens (primary N) is 1. The highest BCUT2D eigenvalue weighted by atomic mass is 35.5. The molecule has 0 saturated heterocycles. The van der Waals surface area contributed by atoms with Crippen LogP contribution < -0.4 is 5.73 Å². The van der Waals surface area contributed by atoms with Crippen molar-refractivity contribution in [2.24, 2.45) is 24.1 Å². The van der Waals surface area contributed by atoms with Crippen molar-refractivity contribution in [3.8, 4) is 0 Å². The molecule has 1 aromatic rings. The molecule has 1 rings (SSSR count). The molecule has 1 atom stereocenters. The number of carbonyl (C=O) groups is 1. The van der Waals surface area contributed by atoms with E-state index in [2.05, 4.69) is 25.9 Å². The predicted molar refractivity (Wildman–Crippen MR) is 78.4 cm³/mol. The minimum absolute atomic E-state index is 0.0521. The topological polar surface area (TPSA) is 60.9 Å². The Morgan fingerprint density at radius 2 is 2.11 bits per heavy atom. The Hall–Kier alpha value is -0.870. The van der Waals surface area contributed by atoms with Gasteiger partial charge in [-0.1, -0.05) is 32.4 Å². The third kappa shape index (κ3) is 4.32. The molecule has 0 spiro atoms. The van der Waals surface area contributed by atoms with Crippen molar-refractivity contribution in [2.45, 2.75) is 40.0 Å². The average Bonchev–Trinajstić information content (AvgIpc) is 2.62. The zero-order chi connectivity index (χ0) is 14.6. The highest BCUT2D eigenvalue weighted by Crippen LogP contribution is 2.32. The van der Waals surface area contributed by atoms with Crippen molar-refractivity contribution in [3.63, 3.8) is 0 Å². The fourth-order valence-electron chi connectivity index (χ4n) is 2.36. The van der Waals surface area contributed by atoms with Crippen LogP contribution in [0.1, 0.15) is 50.5 Å². The van der Waals surface area contributed by atoms with Crippen molar-refractivity contribution in [1.82, 2.24) is 9.78 Å². The van der Waals surface area contributed by atoms with E-state index in [0.717, 1.165) is 12.8 Å². The van der Waals surface area contributed by atoms with Gasteiger partial charge in [-0.2, -0.15) is 5.10 Å². The number of hydrogen-bond acceptors (Lipinski definition) is 3. The Morgan fingerprint density at radius 1 is 1.47 bits per heavy atom. The second-order valence-electron chi connectivity index (χ2n) is 6.07. The van der Waals surface area contributed by atoms with Gasteiger partial charge in [0.1, 0.15) is 5.69 Å². The van der Waals surface area contributed by atoms with E-state index in [9.17, 15) is 4.79 Å². The van der Waals surface area contributed by atoms with Crippen LogP contribution in [0.15, 0.2) is 6.20 Å². The summed E-state index contributed by atoms with van der Waals surface area (Å²) in [4.78, 5) is 12.2. The van der Waals surface area contributed by atoms with Crippen molar-refractivity contribution >= 4 is 17.4 Å². The van der Waals surface area contributed by atoms with E-state index in [-0.39, 0.29) is 11.2 Å². The summed E-state index contributed by atoms with van der Waals surface area (Å²) in [7, 11) is 1.74. The molecule has 0 radical (unpaired) electrons. The molecule has 0 aromatic carbocycles. The molecule has 4 nitrogen and oxygen atoms in total. The highest BCUT2D eigenvalue weighted by molar-refractivity contribution is 6.33. The van der Waals surface area contributed by atoms with Crippen LogP contribution in [0.25, 0.3) is 0 Å². The van der Waals surface area contributed by atoms with E-state index < -0.39 is 0 Å². The average molecular weight is 286 g/mol. The monoisotopic (exact) mass is 285 g/mol. The molecule has 1 heterocycles. The van der Waals surface area contributed by atoms with Gasteiger partial charge in [-0.15, -0.1) is 0 Å². The zero-order valence-corrected chi connectivity index (χ0v) is 13.0. The van der Waals surface area contributed by atoms with Crippen molar-refractivity contribution in [1.29, 1.82) is 0 Å². The second kappa shape index (κ2) is 6.53. The first kappa shape index (κ1) is 16.2. The Bertz CT molecular complexity index is 415. The number of halogens is 1. The highest BCUT2D eigenvalue weighted by Gasteiger charge is 2.25. The number of rotatable bonds is 6. The van der Waals surface area contributed by atoms with E-state index in [1.54, 1.807) is 11.7 Å². The molecule has 0 saturated carbocycles. The van der Waals surface area contributed by atoms with E-state index in [0.29, 0.717) is 29.6 Å². The van der Waals surface area contributed by atoms with Gasteiger partial charge in [0.05, 0.1) is 11.2 Å². The number of Topliss-reactive ketones (excluding diaryl/α,β-unsaturated/α-hetero) is 1. The lowest BCUT2D eigenvalue weighted by Crippen LogP contribution is -2.24. The molecule has 1 unspecified atom stereocenters. The zero-order valence-electron chi connectivity index (χ0n) is 12.2. The normalized spacial score (nSPS) is 13.6. The van der Waals surface area contributed by atoms with Crippen LogP contribution in [-0.4, -0.2) is 22.1 Å². The van der Waals surface area contributed by atoms with Gasteiger partial charge in [0, 0.05) is 13.5 Å². The second-order valence-corrected chi connectivity index (χ2v) is 6.47. The first-order valence-corrected chi connectivity index (χ1v) is 7.06. The molecule has 0 aliphatic heterocycles. The van der Waals surface area contributed by atoms with E-state index in [1.165, 1.54) is 6.20 Å². The molecule has 0 bridgehead atoms. The summed E-state index contributed by atoms with van der Waals surface area (Å²) in [6, 6.07) is 0. The van der Waals surface area contributed by atoms with Crippen molar-refractivity contribution in [3.05, 3.63) is 16.9 Å². The van der Waals surface area contributed by atoms with E-state index in [1.807, 2.05) is 0 Å². The Labute approximate surface area is 120 Å². The van der Waals surface area contributed by atoms with Gasteiger partial charge in [-0.3, -0.25) is 9.48 Å². The standard InChI is InChI=1S/C14H24ClN3O/c1-14(2,3)10(7-8-16)5-6-12(19)13-11(15)9-17-18(13)4/h9-10H,5-8,16H2,1-4H3. The van der Waals surface area contributed by atoms with E-state index in [4.69, 9.17) is 17.3 Å². The molecule has 0 fully saturated rings. The Morgan fingerprint density at radius 3 is 2.53 bits per heavy atom. The lowest BCUT2D eigenvalue weighted by molar-refractivity contribution is 0.0949. The molecule has 0 aliphatic rings.